The van der Waals surface area contributed by atoms with E-state index < -0.39 is 0 Å². The molecule has 2 N–H and O–H groups in total. The molecule has 0 aliphatic heterocycles. The molecule has 0 unspecified atom stereocenters. The van der Waals surface area contributed by atoms with Gasteiger partial charge in [0.2, 0.25) is 5.91 Å². The Morgan fingerprint density at radius 1 is 1.24 bits per heavy atom. The minimum atomic E-state index is -0.252. The summed E-state index contributed by atoms with van der Waals surface area (Å²) in [5, 5.41) is 9.04. The van der Waals surface area contributed by atoms with Crippen LogP contribution in [-0.2, 0) is 9.53 Å². The minimum Gasteiger partial charge on any atom is -0.383 e. The highest BCUT2D eigenvalue weighted by molar-refractivity contribution is 7.14. The average Bonchev–Trinajstić information content (AvgIpc) is 3.12. The maximum atomic E-state index is 12.9. The summed E-state index contributed by atoms with van der Waals surface area (Å²) in [6.45, 7) is 4.81. The Kier molecular flexibility index (Phi) is 9.16. The molecular formula is C19H24Cl2N4O3S. The van der Waals surface area contributed by atoms with E-state index in [1.165, 1.54) is 11.3 Å². The SMILES string of the molecule is COCCN(CCC(=O)NC(C)C)C(=O)c1csc(Nc2ccc(Cl)c(Cl)c2)n1. The first kappa shape index (κ1) is 23.4. The number of hydrogen-bond acceptors (Lipinski definition) is 6. The fraction of sp³-hybridized carbons (Fsp3) is 0.421. The Morgan fingerprint density at radius 3 is 2.66 bits per heavy atom. The molecular weight excluding hydrogens is 435 g/mol. The first-order chi connectivity index (χ1) is 13.8. The van der Waals surface area contributed by atoms with E-state index in [-0.39, 0.29) is 30.8 Å². The number of amides is 2. The minimum absolute atomic E-state index is 0.0548. The van der Waals surface area contributed by atoms with Gasteiger partial charge >= 0.3 is 0 Å². The van der Waals surface area contributed by atoms with E-state index in [0.717, 1.165) is 0 Å². The maximum Gasteiger partial charge on any atom is 0.273 e. The van der Waals surface area contributed by atoms with Gasteiger partial charge in [-0.2, -0.15) is 0 Å². The number of nitrogens with one attached hydrogen (secondary N) is 2. The summed E-state index contributed by atoms with van der Waals surface area (Å²) in [5.41, 5.74) is 1.02. The molecule has 0 radical (unpaired) electrons. The number of benzene rings is 1. The molecule has 0 aliphatic carbocycles. The monoisotopic (exact) mass is 458 g/mol. The maximum absolute atomic E-state index is 12.9. The summed E-state index contributed by atoms with van der Waals surface area (Å²) >= 11 is 13.2. The first-order valence-corrected chi connectivity index (χ1v) is 10.7. The lowest BCUT2D eigenvalue weighted by molar-refractivity contribution is -0.121. The summed E-state index contributed by atoms with van der Waals surface area (Å²) in [7, 11) is 1.57. The zero-order valence-corrected chi connectivity index (χ0v) is 18.8. The number of thiazole rings is 1. The summed E-state index contributed by atoms with van der Waals surface area (Å²) in [6, 6.07) is 5.19. The van der Waals surface area contributed by atoms with Gasteiger partial charge in [-0.15, -0.1) is 11.3 Å². The molecule has 0 saturated carbocycles. The van der Waals surface area contributed by atoms with Crippen molar-refractivity contribution in [3.05, 3.63) is 39.3 Å². The molecule has 0 bridgehead atoms. The van der Waals surface area contributed by atoms with E-state index in [2.05, 4.69) is 15.6 Å². The van der Waals surface area contributed by atoms with Crippen LogP contribution in [0.25, 0.3) is 0 Å². The second kappa shape index (κ2) is 11.3. The van der Waals surface area contributed by atoms with Crippen LogP contribution in [0.4, 0.5) is 10.8 Å². The molecule has 2 rings (SSSR count). The number of ether oxygens (including phenoxy) is 1. The van der Waals surface area contributed by atoms with E-state index >= 15 is 0 Å². The standard InChI is InChI=1S/C19H24Cl2N4O3S/c1-12(2)22-17(26)6-7-25(8-9-28-3)18(27)16-11-29-19(24-16)23-13-4-5-14(20)15(21)10-13/h4-5,10-12H,6-9H2,1-3H3,(H,22,26)(H,23,24). The fourth-order valence-electron chi connectivity index (χ4n) is 2.44. The van der Waals surface area contributed by atoms with E-state index in [1.54, 1.807) is 35.6 Å². The van der Waals surface area contributed by atoms with Crippen LogP contribution in [0.2, 0.25) is 10.0 Å². The normalized spacial score (nSPS) is 10.8. The quantitative estimate of drug-likeness (QED) is 0.557. The molecule has 158 valence electrons. The van der Waals surface area contributed by atoms with Crippen molar-refractivity contribution in [2.45, 2.75) is 26.3 Å². The van der Waals surface area contributed by atoms with Gasteiger partial charge in [0.1, 0.15) is 5.69 Å². The lowest BCUT2D eigenvalue weighted by Gasteiger charge is -2.21. The number of methoxy groups -OCH3 is 1. The number of anilines is 2. The van der Waals surface area contributed by atoms with E-state index in [9.17, 15) is 9.59 Å². The van der Waals surface area contributed by atoms with Crippen molar-refractivity contribution < 1.29 is 14.3 Å². The predicted octanol–water partition coefficient (Wildman–Crippen LogP) is 4.20. The predicted molar refractivity (Wildman–Crippen MR) is 118 cm³/mol. The topological polar surface area (TPSA) is 83.6 Å². The number of nitrogens with zero attached hydrogens (tertiary/aromatic N) is 2. The molecule has 2 amide bonds. The molecule has 1 aromatic heterocycles. The molecule has 0 atom stereocenters. The molecule has 0 spiro atoms. The number of aromatic nitrogens is 1. The van der Waals surface area contributed by atoms with Gasteiger partial charge in [0.25, 0.3) is 5.91 Å². The fourth-order valence-corrected chi connectivity index (χ4v) is 3.44. The van der Waals surface area contributed by atoms with Crippen molar-refractivity contribution >= 4 is 57.2 Å². The Morgan fingerprint density at radius 2 is 2.00 bits per heavy atom. The Labute approximate surface area is 184 Å². The van der Waals surface area contributed by atoms with E-state index in [1.807, 2.05) is 13.8 Å². The summed E-state index contributed by atoms with van der Waals surface area (Å²) in [6.07, 6.45) is 0.214. The number of rotatable bonds is 10. The van der Waals surface area contributed by atoms with Gasteiger partial charge in [-0.25, -0.2) is 4.98 Å². The van der Waals surface area contributed by atoms with Crippen molar-refractivity contribution in [3.63, 3.8) is 0 Å². The smallest absolute Gasteiger partial charge is 0.273 e. The van der Waals surface area contributed by atoms with Gasteiger partial charge in [-0.1, -0.05) is 23.2 Å². The third-order valence-corrected chi connectivity index (χ3v) is 5.30. The van der Waals surface area contributed by atoms with Crippen molar-refractivity contribution in [3.8, 4) is 0 Å². The van der Waals surface area contributed by atoms with Gasteiger partial charge in [0.05, 0.1) is 16.7 Å². The van der Waals surface area contributed by atoms with Crippen LogP contribution in [-0.4, -0.2) is 54.5 Å². The first-order valence-electron chi connectivity index (χ1n) is 9.05. The number of halogens is 2. The van der Waals surface area contributed by atoms with Gasteiger partial charge in [0.15, 0.2) is 5.13 Å². The zero-order valence-electron chi connectivity index (χ0n) is 16.5. The lowest BCUT2D eigenvalue weighted by atomic mass is 10.3. The van der Waals surface area contributed by atoms with Crippen LogP contribution in [0.1, 0.15) is 30.8 Å². The van der Waals surface area contributed by atoms with E-state index in [0.29, 0.717) is 39.7 Å². The molecule has 29 heavy (non-hydrogen) atoms. The lowest BCUT2D eigenvalue weighted by Crippen LogP contribution is -2.38. The Bertz CT molecular complexity index is 845. The molecule has 0 aliphatic rings. The van der Waals surface area contributed by atoms with Crippen LogP contribution in [0.3, 0.4) is 0 Å². The molecule has 7 nitrogen and oxygen atoms in total. The van der Waals surface area contributed by atoms with Crippen molar-refractivity contribution in [1.29, 1.82) is 0 Å². The highest BCUT2D eigenvalue weighted by Crippen LogP contribution is 2.28. The van der Waals surface area contributed by atoms with E-state index in [4.69, 9.17) is 27.9 Å². The van der Waals surface area contributed by atoms with Gasteiger partial charge < -0.3 is 20.3 Å². The van der Waals surface area contributed by atoms with Gasteiger partial charge in [-0.05, 0) is 32.0 Å². The summed E-state index contributed by atoms with van der Waals surface area (Å²) < 4.78 is 5.09. The number of hydrogen-bond donors (Lipinski definition) is 2. The molecule has 0 saturated heterocycles. The third-order valence-electron chi connectivity index (χ3n) is 3.81. The molecule has 0 fully saturated rings. The van der Waals surface area contributed by atoms with Crippen LogP contribution >= 0.6 is 34.5 Å². The number of carbonyl (C=O) groups is 2. The Balaban J connectivity index is 2.04. The molecule has 2 aromatic rings. The van der Waals surface area contributed by atoms with Crippen LogP contribution in [0.5, 0.6) is 0 Å². The van der Waals surface area contributed by atoms with Crippen LogP contribution in [0.15, 0.2) is 23.6 Å². The Hall–Kier alpha value is -1.87. The largest absolute Gasteiger partial charge is 0.383 e. The summed E-state index contributed by atoms with van der Waals surface area (Å²) in [5.74, 6) is -0.353. The van der Waals surface area contributed by atoms with Crippen LogP contribution in [0, 0.1) is 0 Å². The highest BCUT2D eigenvalue weighted by atomic mass is 35.5. The van der Waals surface area contributed by atoms with Crippen molar-refractivity contribution in [2.75, 3.05) is 32.1 Å². The zero-order chi connectivity index (χ0) is 21.4. The third kappa shape index (κ3) is 7.47. The number of carbonyl (C=O) groups excluding carboxylic acids is 2. The summed E-state index contributed by atoms with van der Waals surface area (Å²) in [4.78, 5) is 30.7. The van der Waals surface area contributed by atoms with Crippen LogP contribution < -0.4 is 10.6 Å². The molecule has 1 aromatic carbocycles. The van der Waals surface area contributed by atoms with Gasteiger partial charge in [0, 0.05) is 43.7 Å². The molecule has 1 heterocycles. The van der Waals surface area contributed by atoms with Crippen molar-refractivity contribution in [2.24, 2.45) is 0 Å². The second-order valence-electron chi connectivity index (χ2n) is 6.55. The molecule has 10 heteroatoms. The average molecular weight is 459 g/mol. The highest BCUT2D eigenvalue weighted by Gasteiger charge is 2.20. The van der Waals surface area contributed by atoms with Crippen molar-refractivity contribution in [1.82, 2.24) is 15.2 Å². The van der Waals surface area contributed by atoms with Gasteiger partial charge in [-0.3, -0.25) is 9.59 Å². The second-order valence-corrected chi connectivity index (χ2v) is 8.22.